The quantitative estimate of drug-likeness (QED) is 0.836. The van der Waals surface area contributed by atoms with Gasteiger partial charge in [0.1, 0.15) is 4.90 Å². The second-order valence-corrected chi connectivity index (χ2v) is 5.93. The highest BCUT2D eigenvalue weighted by atomic mass is 32.2. The monoisotopic (exact) mass is 320 g/mol. The molecule has 0 radical (unpaired) electrons. The molecule has 2 rings (SSSR count). The number of hydrogen-bond acceptors (Lipinski definition) is 4. The topological polar surface area (TPSA) is 90.0 Å². The molecule has 0 spiro atoms. The number of nitrogen functional groups attached to an aromatic ring is 1. The van der Waals surface area contributed by atoms with E-state index in [4.69, 9.17) is 5.73 Å². The normalized spacial score (nSPS) is 12.6. The van der Waals surface area contributed by atoms with E-state index in [0.29, 0.717) is 0 Å². The zero-order valence-corrected chi connectivity index (χ0v) is 11.5. The number of nitrogens with one attached hydrogen (secondary N) is 1. The molecule has 0 bridgehead atoms. The Morgan fingerprint density at radius 1 is 1.29 bits per heavy atom. The zero-order chi connectivity index (χ0) is 15.8. The van der Waals surface area contributed by atoms with Gasteiger partial charge in [-0.15, -0.1) is 0 Å². The summed E-state index contributed by atoms with van der Waals surface area (Å²) in [5, 5.41) is 3.35. The largest absolute Gasteiger partial charge is 0.435 e. The zero-order valence-electron chi connectivity index (χ0n) is 10.7. The average molecular weight is 320 g/mol. The first-order valence-corrected chi connectivity index (χ1v) is 7.10. The summed E-state index contributed by atoms with van der Waals surface area (Å²) in [5.74, 6) is 0. The van der Waals surface area contributed by atoms with Crippen molar-refractivity contribution in [2.24, 2.45) is 0 Å². The lowest BCUT2D eigenvalue weighted by Crippen LogP contribution is -2.21. The number of alkyl halides is 3. The Morgan fingerprint density at radius 3 is 2.48 bits per heavy atom. The third kappa shape index (κ3) is 3.00. The van der Waals surface area contributed by atoms with Crippen LogP contribution in [0, 0.1) is 0 Å². The first-order chi connectivity index (χ1) is 9.65. The number of hydrogen-bond donors (Lipinski definition) is 2. The van der Waals surface area contributed by atoms with Gasteiger partial charge < -0.3 is 5.73 Å². The molecule has 2 aromatic rings. The molecule has 0 aliphatic heterocycles. The van der Waals surface area contributed by atoms with Crippen molar-refractivity contribution in [1.82, 2.24) is 14.5 Å². The molecule has 0 aliphatic carbocycles. The maximum atomic E-state index is 12.6. The predicted molar refractivity (Wildman–Crippen MR) is 69.2 cm³/mol. The second-order valence-electron chi connectivity index (χ2n) is 4.08. The number of halogens is 3. The Balaban J connectivity index is 2.62. The van der Waals surface area contributed by atoms with Crippen LogP contribution in [0.4, 0.5) is 18.9 Å². The van der Waals surface area contributed by atoms with E-state index in [1.807, 2.05) is 0 Å². The fourth-order valence-electron chi connectivity index (χ4n) is 1.65. The average Bonchev–Trinajstić information content (AvgIpc) is 2.88. The minimum Gasteiger partial charge on any atom is -0.399 e. The molecule has 114 valence electrons. The van der Waals surface area contributed by atoms with Crippen LogP contribution in [0.25, 0.3) is 5.69 Å². The van der Waals surface area contributed by atoms with E-state index in [1.165, 1.54) is 19.2 Å². The van der Waals surface area contributed by atoms with E-state index in [1.54, 1.807) is 0 Å². The Labute approximate surface area is 118 Å². The van der Waals surface area contributed by atoms with Gasteiger partial charge >= 0.3 is 6.18 Å². The van der Waals surface area contributed by atoms with Crippen LogP contribution >= 0.6 is 0 Å². The lowest BCUT2D eigenvalue weighted by atomic mass is 10.3. The number of benzene rings is 1. The first-order valence-electron chi connectivity index (χ1n) is 5.61. The van der Waals surface area contributed by atoms with Gasteiger partial charge in [0.15, 0.2) is 5.69 Å². The maximum Gasteiger partial charge on any atom is 0.435 e. The molecule has 6 nitrogen and oxygen atoms in total. The standard InChI is InChI=1S/C11H11F3N4O2S/c1-16-21(19,20)9-6-7(15)2-3-8(9)18-5-4-10(17-18)11(12,13)14/h2-6,16H,15H2,1H3. The van der Waals surface area contributed by atoms with Gasteiger partial charge in [-0.2, -0.15) is 18.3 Å². The van der Waals surface area contributed by atoms with Gasteiger partial charge in [-0.3, -0.25) is 0 Å². The highest BCUT2D eigenvalue weighted by Crippen LogP contribution is 2.29. The molecule has 0 atom stereocenters. The van der Waals surface area contributed by atoms with Gasteiger partial charge in [0.25, 0.3) is 0 Å². The Hall–Kier alpha value is -2.07. The van der Waals surface area contributed by atoms with Crippen molar-refractivity contribution < 1.29 is 21.6 Å². The van der Waals surface area contributed by atoms with Gasteiger partial charge in [-0.1, -0.05) is 0 Å². The van der Waals surface area contributed by atoms with E-state index in [0.717, 1.165) is 23.0 Å². The lowest BCUT2D eigenvalue weighted by molar-refractivity contribution is -0.141. The van der Waals surface area contributed by atoms with Crippen LogP contribution in [0.2, 0.25) is 0 Å². The molecule has 0 amide bonds. The summed E-state index contributed by atoms with van der Waals surface area (Å²) < 4.78 is 64.4. The molecule has 0 unspecified atom stereocenters. The van der Waals surface area contributed by atoms with Crippen LogP contribution < -0.4 is 10.5 Å². The Bertz CT molecular complexity index is 768. The fourth-order valence-corrected chi connectivity index (χ4v) is 2.60. The van der Waals surface area contributed by atoms with Crippen LogP contribution in [0.5, 0.6) is 0 Å². The summed E-state index contributed by atoms with van der Waals surface area (Å²) in [6, 6.07) is 4.56. The van der Waals surface area contributed by atoms with Crippen molar-refractivity contribution in [3.63, 3.8) is 0 Å². The van der Waals surface area contributed by atoms with E-state index >= 15 is 0 Å². The third-order valence-electron chi connectivity index (χ3n) is 2.67. The minimum absolute atomic E-state index is 0.0333. The molecule has 1 heterocycles. The van der Waals surface area contributed by atoms with Gasteiger partial charge in [0.05, 0.1) is 5.69 Å². The van der Waals surface area contributed by atoms with Crippen LogP contribution in [0.1, 0.15) is 5.69 Å². The van der Waals surface area contributed by atoms with Crippen molar-refractivity contribution in [2.75, 3.05) is 12.8 Å². The SMILES string of the molecule is CNS(=O)(=O)c1cc(N)ccc1-n1ccc(C(F)(F)F)n1. The fraction of sp³-hybridized carbons (Fsp3) is 0.182. The lowest BCUT2D eigenvalue weighted by Gasteiger charge is -2.11. The number of anilines is 1. The summed E-state index contributed by atoms with van der Waals surface area (Å²) in [6.45, 7) is 0. The summed E-state index contributed by atoms with van der Waals surface area (Å²) in [7, 11) is -2.71. The van der Waals surface area contributed by atoms with Crippen molar-refractivity contribution in [1.29, 1.82) is 0 Å². The van der Waals surface area contributed by atoms with Crippen molar-refractivity contribution in [3.8, 4) is 5.69 Å². The van der Waals surface area contributed by atoms with Crippen LogP contribution in [-0.4, -0.2) is 25.2 Å². The predicted octanol–water partition coefficient (Wildman–Crippen LogP) is 1.38. The van der Waals surface area contributed by atoms with E-state index in [9.17, 15) is 21.6 Å². The van der Waals surface area contributed by atoms with Crippen LogP contribution in [0.15, 0.2) is 35.4 Å². The van der Waals surface area contributed by atoms with Gasteiger partial charge in [-0.05, 0) is 31.3 Å². The molecule has 21 heavy (non-hydrogen) atoms. The molecule has 3 N–H and O–H groups in total. The van der Waals surface area contributed by atoms with Crippen molar-refractivity contribution >= 4 is 15.7 Å². The maximum absolute atomic E-state index is 12.6. The first kappa shape index (κ1) is 15.3. The highest BCUT2D eigenvalue weighted by molar-refractivity contribution is 7.89. The number of sulfonamides is 1. The summed E-state index contributed by atoms with van der Waals surface area (Å²) in [5.41, 5.74) is 4.54. The van der Waals surface area contributed by atoms with Crippen LogP contribution in [-0.2, 0) is 16.2 Å². The molecule has 0 aliphatic rings. The molecule has 0 saturated heterocycles. The summed E-state index contributed by atoms with van der Waals surface area (Å²) in [4.78, 5) is -0.262. The van der Waals surface area contributed by atoms with Gasteiger partial charge in [-0.25, -0.2) is 17.8 Å². The number of nitrogens with zero attached hydrogens (tertiary/aromatic N) is 2. The summed E-state index contributed by atoms with van der Waals surface area (Å²) in [6.07, 6.45) is -3.58. The second kappa shape index (κ2) is 5.04. The van der Waals surface area contributed by atoms with E-state index < -0.39 is 21.9 Å². The Morgan fingerprint density at radius 2 is 1.95 bits per heavy atom. The van der Waals surface area contributed by atoms with E-state index in [2.05, 4.69) is 9.82 Å². The molecule has 1 aromatic heterocycles. The smallest absolute Gasteiger partial charge is 0.399 e. The molecular weight excluding hydrogens is 309 g/mol. The third-order valence-corrected chi connectivity index (χ3v) is 4.11. The van der Waals surface area contributed by atoms with Gasteiger partial charge in [0.2, 0.25) is 10.0 Å². The van der Waals surface area contributed by atoms with Crippen LogP contribution in [0.3, 0.4) is 0 Å². The number of nitrogens with two attached hydrogens (primary N) is 1. The van der Waals surface area contributed by atoms with Crippen molar-refractivity contribution in [3.05, 3.63) is 36.2 Å². The molecular formula is C11H11F3N4O2S. The minimum atomic E-state index is -4.61. The van der Waals surface area contributed by atoms with Gasteiger partial charge in [0, 0.05) is 11.9 Å². The van der Waals surface area contributed by atoms with Crippen molar-refractivity contribution in [2.45, 2.75) is 11.1 Å². The molecule has 10 heteroatoms. The summed E-state index contributed by atoms with van der Waals surface area (Å²) >= 11 is 0. The molecule has 1 aromatic carbocycles. The number of rotatable bonds is 3. The molecule has 0 fully saturated rings. The van der Waals surface area contributed by atoms with E-state index in [-0.39, 0.29) is 16.3 Å². The Kier molecular flexibility index (Phi) is 3.68. The number of aromatic nitrogens is 2. The molecule has 0 saturated carbocycles. The highest BCUT2D eigenvalue weighted by Gasteiger charge is 2.34.